The van der Waals surface area contributed by atoms with Crippen LogP contribution in [0, 0.1) is 11.3 Å². The fraction of sp³-hybridized carbons (Fsp3) is 1.00. The van der Waals surface area contributed by atoms with Crippen molar-refractivity contribution in [3.63, 3.8) is 0 Å². The molecule has 4 unspecified atom stereocenters. The molecule has 20 heavy (non-hydrogen) atoms. The summed E-state index contributed by atoms with van der Waals surface area (Å²) in [5.41, 5.74) is 0.314. The minimum absolute atomic E-state index is 0.314. The summed E-state index contributed by atoms with van der Waals surface area (Å²) in [6.07, 6.45) is 2.37. The molecule has 1 aliphatic rings. The fourth-order valence-electron chi connectivity index (χ4n) is 3.21. The lowest BCUT2D eigenvalue weighted by atomic mass is 9.81. The topological polar surface area (TPSA) is 24.5 Å². The molecule has 1 saturated heterocycles. The first-order chi connectivity index (χ1) is 9.31. The molecule has 0 aliphatic carbocycles. The largest absolute Gasteiger partial charge is 0.385 e. The van der Waals surface area contributed by atoms with Crippen molar-refractivity contribution in [1.29, 1.82) is 0 Å². The minimum Gasteiger partial charge on any atom is -0.385 e. The third-order valence-corrected chi connectivity index (χ3v) is 5.02. The number of hydrogen-bond acceptors (Lipinski definition) is 3. The highest BCUT2D eigenvalue weighted by Gasteiger charge is 2.38. The van der Waals surface area contributed by atoms with E-state index in [9.17, 15) is 0 Å². The fourth-order valence-corrected chi connectivity index (χ4v) is 3.21. The molecule has 0 aromatic rings. The van der Waals surface area contributed by atoms with E-state index in [4.69, 9.17) is 4.74 Å². The molecule has 120 valence electrons. The average Bonchev–Trinajstić information content (AvgIpc) is 2.42. The van der Waals surface area contributed by atoms with Crippen molar-refractivity contribution in [3.05, 3.63) is 0 Å². The molecule has 3 nitrogen and oxygen atoms in total. The molecule has 1 fully saturated rings. The van der Waals surface area contributed by atoms with Crippen molar-refractivity contribution in [3.8, 4) is 0 Å². The second-order valence-corrected chi connectivity index (χ2v) is 7.61. The minimum atomic E-state index is 0.314. The van der Waals surface area contributed by atoms with Gasteiger partial charge in [0.25, 0.3) is 0 Å². The van der Waals surface area contributed by atoms with Gasteiger partial charge in [-0.25, -0.2) is 0 Å². The number of nitrogens with one attached hydrogen (secondary N) is 1. The normalized spacial score (nSPS) is 28.4. The van der Waals surface area contributed by atoms with Crippen molar-refractivity contribution in [2.75, 3.05) is 26.8 Å². The second kappa shape index (κ2) is 7.77. The van der Waals surface area contributed by atoms with Crippen molar-refractivity contribution in [2.24, 2.45) is 11.3 Å². The highest BCUT2D eigenvalue weighted by molar-refractivity contribution is 4.95. The zero-order valence-electron chi connectivity index (χ0n) is 14.7. The predicted molar refractivity (Wildman–Crippen MR) is 87.1 cm³/mol. The first kappa shape index (κ1) is 17.9. The van der Waals surface area contributed by atoms with E-state index in [1.165, 1.54) is 13.0 Å². The van der Waals surface area contributed by atoms with E-state index >= 15 is 0 Å². The molecule has 0 amide bonds. The molecule has 0 spiro atoms. The Kier molecular flexibility index (Phi) is 6.96. The van der Waals surface area contributed by atoms with Crippen LogP contribution in [0.5, 0.6) is 0 Å². The lowest BCUT2D eigenvalue weighted by Gasteiger charge is -2.50. The number of ether oxygens (including phenoxy) is 1. The monoisotopic (exact) mass is 284 g/mol. The first-order valence-electron chi connectivity index (χ1n) is 8.29. The molecule has 1 rings (SSSR count). The Hall–Kier alpha value is -0.120. The zero-order valence-corrected chi connectivity index (χ0v) is 14.7. The van der Waals surface area contributed by atoms with E-state index in [-0.39, 0.29) is 0 Å². The third kappa shape index (κ3) is 4.71. The number of piperazine rings is 1. The maximum atomic E-state index is 5.28. The quantitative estimate of drug-likeness (QED) is 0.811. The Bertz CT molecular complexity index is 275. The van der Waals surface area contributed by atoms with Crippen LogP contribution in [0.4, 0.5) is 0 Å². The molecule has 0 radical (unpaired) electrons. The van der Waals surface area contributed by atoms with Gasteiger partial charge in [-0.05, 0) is 24.7 Å². The van der Waals surface area contributed by atoms with E-state index in [2.05, 4.69) is 51.8 Å². The number of rotatable bonds is 6. The van der Waals surface area contributed by atoms with E-state index in [1.807, 2.05) is 0 Å². The van der Waals surface area contributed by atoms with Gasteiger partial charge in [-0.15, -0.1) is 0 Å². The lowest BCUT2D eigenvalue weighted by molar-refractivity contribution is 0.00676. The maximum absolute atomic E-state index is 5.28. The van der Waals surface area contributed by atoms with Crippen LogP contribution < -0.4 is 5.32 Å². The van der Waals surface area contributed by atoms with Gasteiger partial charge in [0.15, 0.2) is 0 Å². The van der Waals surface area contributed by atoms with Crippen LogP contribution in [-0.4, -0.2) is 49.8 Å². The molecule has 0 aromatic heterocycles. The Morgan fingerprint density at radius 2 is 1.95 bits per heavy atom. The predicted octanol–water partition coefficient (Wildman–Crippen LogP) is 3.15. The van der Waals surface area contributed by atoms with E-state index in [1.54, 1.807) is 7.11 Å². The molecule has 1 aliphatic heterocycles. The summed E-state index contributed by atoms with van der Waals surface area (Å²) < 4.78 is 5.28. The molecule has 0 aromatic carbocycles. The van der Waals surface area contributed by atoms with Gasteiger partial charge < -0.3 is 10.1 Å². The smallest absolute Gasteiger partial charge is 0.0477 e. The third-order valence-electron chi connectivity index (χ3n) is 5.02. The molecule has 3 heteroatoms. The Labute approximate surface area is 126 Å². The van der Waals surface area contributed by atoms with Crippen LogP contribution in [0.2, 0.25) is 0 Å². The SMILES string of the molecule is CCC(C)C1CN(C(C)CCOC)C(C(C)(C)C)CN1. The van der Waals surface area contributed by atoms with Gasteiger partial charge in [-0.2, -0.15) is 0 Å². The van der Waals surface area contributed by atoms with Gasteiger partial charge >= 0.3 is 0 Å². The summed E-state index contributed by atoms with van der Waals surface area (Å²) >= 11 is 0. The van der Waals surface area contributed by atoms with Crippen LogP contribution in [0.1, 0.15) is 54.4 Å². The lowest BCUT2D eigenvalue weighted by Crippen LogP contribution is -2.64. The van der Waals surface area contributed by atoms with E-state index in [0.717, 1.165) is 25.5 Å². The van der Waals surface area contributed by atoms with E-state index in [0.29, 0.717) is 23.5 Å². The summed E-state index contributed by atoms with van der Waals surface area (Å²) in [7, 11) is 1.80. The van der Waals surface area contributed by atoms with Gasteiger partial charge in [0.05, 0.1) is 0 Å². The summed E-state index contributed by atoms with van der Waals surface area (Å²) in [5, 5.41) is 3.79. The van der Waals surface area contributed by atoms with Crippen molar-refractivity contribution >= 4 is 0 Å². The van der Waals surface area contributed by atoms with Crippen molar-refractivity contribution in [1.82, 2.24) is 10.2 Å². The summed E-state index contributed by atoms with van der Waals surface area (Å²) in [6, 6.07) is 1.83. The molecule has 0 saturated carbocycles. The van der Waals surface area contributed by atoms with Gasteiger partial charge in [0, 0.05) is 44.9 Å². The summed E-state index contributed by atoms with van der Waals surface area (Å²) in [6.45, 7) is 17.2. The summed E-state index contributed by atoms with van der Waals surface area (Å²) in [5.74, 6) is 0.744. The Morgan fingerprint density at radius 1 is 1.30 bits per heavy atom. The van der Waals surface area contributed by atoms with Crippen LogP contribution in [0.3, 0.4) is 0 Å². The number of methoxy groups -OCH3 is 1. The highest BCUT2D eigenvalue weighted by Crippen LogP contribution is 2.30. The van der Waals surface area contributed by atoms with Crippen LogP contribution in [0.15, 0.2) is 0 Å². The molecule has 1 N–H and O–H groups in total. The van der Waals surface area contributed by atoms with Crippen LogP contribution in [-0.2, 0) is 4.74 Å². The van der Waals surface area contributed by atoms with Crippen molar-refractivity contribution < 1.29 is 4.74 Å². The standard InChI is InChI=1S/C17H36N2O/c1-8-13(2)15-12-19(14(3)9-10-20-7)16(11-18-15)17(4,5)6/h13-16,18H,8-12H2,1-7H3. The second-order valence-electron chi connectivity index (χ2n) is 7.61. The number of nitrogens with zero attached hydrogens (tertiary/aromatic N) is 1. The van der Waals surface area contributed by atoms with Crippen molar-refractivity contribution in [2.45, 2.75) is 72.5 Å². The average molecular weight is 284 g/mol. The molecule has 4 atom stereocenters. The highest BCUT2D eigenvalue weighted by atomic mass is 16.5. The molecule has 0 bridgehead atoms. The van der Waals surface area contributed by atoms with Gasteiger partial charge in [0.1, 0.15) is 0 Å². The summed E-state index contributed by atoms with van der Waals surface area (Å²) in [4.78, 5) is 2.73. The zero-order chi connectivity index (χ0) is 15.3. The van der Waals surface area contributed by atoms with E-state index < -0.39 is 0 Å². The first-order valence-corrected chi connectivity index (χ1v) is 8.29. The maximum Gasteiger partial charge on any atom is 0.0477 e. The Balaban J connectivity index is 2.77. The molecular formula is C17H36N2O. The molecule has 1 heterocycles. The van der Waals surface area contributed by atoms with Gasteiger partial charge in [0.2, 0.25) is 0 Å². The van der Waals surface area contributed by atoms with Crippen LogP contribution in [0.25, 0.3) is 0 Å². The van der Waals surface area contributed by atoms with Crippen LogP contribution >= 0.6 is 0 Å². The Morgan fingerprint density at radius 3 is 2.45 bits per heavy atom. The number of hydrogen-bond donors (Lipinski definition) is 1. The van der Waals surface area contributed by atoms with Gasteiger partial charge in [-0.3, -0.25) is 4.90 Å². The van der Waals surface area contributed by atoms with Gasteiger partial charge in [-0.1, -0.05) is 41.0 Å². The molecular weight excluding hydrogens is 248 g/mol.